The SMILES string of the molecule is Cc1[nH]ncc1CNCC(C)N1CCCC1. The summed E-state index contributed by atoms with van der Waals surface area (Å²) in [4.78, 5) is 2.56. The Balaban J connectivity index is 1.69. The smallest absolute Gasteiger partial charge is 0.0535 e. The number of hydrogen-bond donors (Lipinski definition) is 2. The van der Waals surface area contributed by atoms with Crippen molar-refractivity contribution in [1.29, 1.82) is 0 Å². The maximum absolute atomic E-state index is 4.02. The topological polar surface area (TPSA) is 44.0 Å². The van der Waals surface area contributed by atoms with Crippen LogP contribution in [0.5, 0.6) is 0 Å². The van der Waals surface area contributed by atoms with E-state index < -0.39 is 0 Å². The third kappa shape index (κ3) is 2.83. The lowest BCUT2D eigenvalue weighted by molar-refractivity contribution is 0.251. The van der Waals surface area contributed by atoms with Gasteiger partial charge in [-0.1, -0.05) is 0 Å². The molecule has 0 amide bonds. The van der Waals surface area contributed by atoms with Gasteiger partial charge in [-0.25, -0.2) is 0 Å². The highest BCUT2D eigenvalue weighted by Crippen LogP contribution is 2.11. The van der Waals surface area contributed by atoms with Crippen molar-refractivity contribution in [2.75, 3.05) is 19.6 Å². The average molecular weight is 222 g/mol. The maximum Gasteiger partial charge on any atom is 0.0535 e. The molecule has 2 N–H and O–H groups in total. The molecule has 1 unspecified atom stereocenters. The summed E-state index contributed by atoms with van der Waals surface area (Å²) in [6.07, 6.45) is 4.64. The van der Waals surface area contributed by atoms with Crippen molar-refractivity contribution in [2.45, 2.75) is 39.3 Å². The number of aromatic nitrogens is 2. The third-order valence-electron chi connectivity index (χ3n) is 3.45. The molecule has 2 rings (SSSR count). The minimum absolute atomic E-state index is 0.648. The van der Waals surface area contributed by atoms with Crippen molar-refractivity contribution < 1.29 is 0 Å². The van der Waals surface area contributed by atoms with Gasteiger partial charge >= 0.3 is 0 Å². The normalized spacial score (nSPS) is 19.1. The van der Waals surface area contributed by atoms with Crippen LogP contribution in [0.2, 0.25) is 0 Å². The Morgan fingerprint density at radius 2 is 2.25 bits per heavy atom. The van der Waals surface area contributed by atoms with E-state index in [9.17, 15) is 0 Å². The first-order valence-corrected chi connectivity index (χ1v) is 6.21. The second kappa shape index (κ2) is 5.46. The molecule has 1 aromatic heterocycles. The van der Waals surface area contributed by atoms with Crippen molar-refractivity contribution in [1.82, 2.24) is 20.4 Å². The molecule has 1 atom stereocenters. The highest BCUT2D eigenvalue weighted by atomic mass is 15.2. The van der Waals surface area contributed by atoms with Crippen LogP contribution in [0.1, 0.15) is 31.0 Å². The standard InChI is InChI=1S/C12H22N4/c1-10(16-5-3-4-6-16)7-13-8-12-9-14-15-11(12)2/h9-10,13H,3-8H2,1-2H3,(H,14,15). The van der Waals surface area contributed by atoms with Gasteiger partial charge in [-0.05, 0) is 39.8 Å². The van der Waals surface area contributed by atoms with Gasteiger partial charge in [0.2, 0.25) is 0 Å². The summed E-state index contributed by atoms with van der Waals surface area (Å²) in [5, 5.41) is 10.5. The maximum atomic E-state index is 4.02. The van der Waals surface area contributed by atoms with E-state index in [0.29, 0.717) is 6.04 Å². The van der Waals surface area contributed by atoms with Crippen LogP contribution in [0.4, 0.5) is 0 Å². The van der Waals surface area contributed by atoms with E-state index in [1.807, 2.05) is 6.20 Å². The van der Waals surface area contributed by atoms with Crippen molar-refractivity contribution in [3.63, 3.8) is 0 Å². The fourth-order valence-electron chi connectivity index (χ4n) is 2.28. The fourth-order valence-corrected chi connectivity index (χ4v) is 2.28. The Hall–Kier alpha value is -0.870. The van der Waals surface area contributed by atoms with Crippen LogP contribution in [0.25, 0.3) is 0 Å². The number of nitrogens with zero attached hydrogens (tertiary/aromatic N) is 2. The number of aromatic amines is 1. The van der Waals surface area contributed by atoms with Crippen LogP contribution >= 0.6 is 0 Å². The number of hydrogen-bond acceptors (Lipinski definition) is 3. The van der Waals surface area contributed by atoms with Gasteiger partial charge in [0.15, 0.2) is 0 Å². The molecule has 16 heavy (non-hydrogen) atoms. The molecule has 0 spiro atoms. The minimum Gasteiger partial charge on any atom is -0.311 e. The zero-order valence-corrected chi connectivity index (χ0v) is 10.3. The Morgan fingerprint density at radius 3 is 2.88 bits per heavy atom. The minimum atomic E-state index is 0.648. The van der Waals surface area contributed by atoms with Crippen LogP contribution in [-0.4, -0.2) is 40.8 Å². The van der Waals surface area contributed by atoms with E-state index in [0.717, 1.165) is 13.1 Å². The Kier molecular flexibility index (Phi) is 3.96. The molecule has 1 aliphatic rings. The number of rotatable bonds is 5. The number of likely N-dealkylation sites (tertiary alicyclic amines) is 1. The molecule has 1 aliphatic heterocycles. The number of aryl methyl sites for hydroxylation is 1. The van der Waals surface area contributed by atoms with Crippen LogP contribution in [0.15, 0.2) is 6.20 Å². The molecular formula is C12H22N4. The van der Waals surface area contributed by atoms with Gasteiger partial charge in [-0.2, -0.15) is 5.10 Å². The first-order valence-electron chi connectivity index (χ1n) is 6.21. The van der Waals surface area contributed by atoms with E-state index in [1.54, 1.807) is 0 Å². The lowest BCUT2D eigenvalue weighted by atomic mass is 10.2. The zero-order valence-electron chi connectivity index (χ0n) is 10.3. The molecule has 90 valence electrons. The average Bonchev–Trinajstić information content (AvgIpc) is 2.90. The first kappa shape index (κ1) is 11.6. The summed E-state index contributed by atoms with van der Waals surface area (Å²) in [5.41, 5.74) is 2.44. The molecule has 0 aromatic carbocycles. The predicted molar refractivity (Wildman–Crippen MR) is 65.3 cm³/mol. The van der Waals surface area contributed by atoms with Crippen molar-refractivity contribution in [3.8, 4) is 0 Å². The molecular weight excluding hydrogens is 200 g/mol. The molecule has 1 aromatic rings. The fraction of sp³-hybridized carbons (Fsp3) is 0.750. The molecule has 2 heterocycles. The first-order chi connectivity index (χ1) is 7.77. The van der Waals surface area contributed by atoms with Crippen LogP contribution < -0.4 is 5.32 Å². The van der Waals surface area contributed by atoms with E-state index in [2.05, 4.69) is 34.3 Å². The molecule has 0 aliphatic carbocycles. The van der Waals surface area contributed by atoms with Gasteiger partial charge < -0.3 is 5.32 Å². The monoisotopic (exact) mass is 222 g/mol. The molecule has 1 saturated heterocycles. The number of H-pyrrole nitrogens is 1. The Bertz CT molecular complexity index is 315. The van der Waals surface area contributed by atoms with E-state index in [4.69, 9.17) is 0 Å². The van der Waals surface area contributed by atoms with Crippen molar-refractivity contribution in [2.24, 2.45) is 0 Å². The van der Waals surface area contributed by atoms with Crippen molar-refractivity contribution in [3.05, 3.63) is 17.5 Å². The lowest BCUT2D eigenvalue weighted by Crippen LogP contribution is -2.38. The Morgan fingerprint density at radius 1 is 1.50 bits per heavy atom. The Labute approximate surface area is 97.4 Å². The molecule has 0 radical (unpaired) electrons. The second-order valence-electron chi connectivity index (χ2n) is 4.74. The molecule has 1 fully saturated rings. The highest BCUT2D eigenvalue weighted by Gasteiger charge is 2.17. The van der Waals surface area contributed by atoms with Crippen LogP contribution in [-0.2, 0) is 6.54 Å². The van der Waals surface area contributed by atoms with E-state index in [1.165, 1.54) is 37.2 Å². The quantitative estimate of drug-likeness (QED) is 0.789. The van der Waals surface area contributed by atoms with Gasteiger partial charge in [0.25, 0.3) is 0 Å². The zero-order chi connectivity index (χ0) is 11.4. The lowest BCUT2D eigenvalue weighted by Gasteiger charge is -2.23. The summed E-state index contributed by atoms with van der Waals surface area (Å²) in [6, 6.07) is 0.648. The van der Waals surface area contributed by atoms with Crippen LogP contribution in [0.3, 0.4) is 0 Å². The highest BCUT2D eigenvalue weighted by molar-refractivity contribution is 5.13. The van der Waals surface area contributed by atoms with E-state index >= 15 is 0 Å². The van der Waals surface area contributed by atoms with Gasteiger partial charge in [0, 0.05) is 30.4 Å². The second-order valence-corrected chi connectivity index (χ2v) is 4.74. The van der Waals surface area contributed by atoms with Gasteiger partial charge in [-0.15, -0.1) is 0 Å². The van der Waals surface area contributed by atoms with Gasteiger partial charge in [0.05, 0.1) is 6.20 Å². The molecule has 0 bridgehead atoms. The summed E-state index contributed by atoms with van der Waals surface area (Å²) < 4.78 is 0. The summed E-state index contributed by atoms with van der Waals surface area (Å²) in [5.74, 6) is 0. The molecule has 4 nitrogen and oxygen atoms in total. The molecule has 0 saturated carbocycles. The summed E-state index contributed by atoms with van der Waals surface area (Å²) in [7, 11) is 0. The van der Waals surface area contributed by atoms with Gasteiger partial charge in [0.1, 0.15) is 0 Å². The predicted octanol–water partition coefficient (Wildman–Crippen LogP) is 1.29. The van der Waals surface area contributed by atoms with Gasteiger partial charge in [-0.3, -0.25) is 10.00 Å². The number of nitrogens with one attached hydrogen (secondary N) is 2. The van der Waals surface area contributed by atoms with Crippen molar-refractivity contribution >= 4 is 0 Å². The van der Waals surface area contributed by atoms with E-state index in [-0.39, 0.29) is 0 Å². The van der Waals surface area contributed by atoms with Crippen LogP contribution in [0, 0.1) is 6.92 Å². The summed E-state index contributed by atoms with van der Waals surface area (Å²) in [6.45, 7) is 8.89. The molecule has 4 heteroatoms. The third-order valence-corrected chi connectivity index (χ3v) is 3.45. The largest absolute Gasteiger partial charge is 0.311 e. The summed E-state index contributed by atoms with van der Waals surface area (Å²) >= 11 is 0.